The van der Waals surface area contributed by atoms with Crippen LogP contribution < -0.4 is 0 Å². The van der Waals surface area contributed by atoms with Gasteiger partial charge in [-0.1, -0.05) is 24.3 Å². The van der Waals surface area contributed by atoms with Crippen molar-refractivity contribution in [3.63, 3.8) is 0 Å². The van der Waals surface area contributed by atoms with Gasteiger partial charge in [0, 0.05) is 27.2 Å². The van der Waals surface area contributed by atoms with E-state index in [4.69, 9.17) is 0 Å². The van der Waals surface area contributed by atoms with Gasteiger partial charge in [0.15, 0.2) is 0 Å². The third-order valence-corrected chi connectivity index (χ3v) is 5.86. The van der Waals surface area contributed by atoms with E-state index in [9.17, 15) is 8.42 Å². The standard InChI is InChI=1S/C15H24N2O2S/c1-16(2)20(18,19)13-5-10-17-11-8-14-6-3-4-7-15(14)9-12-17/h3-4,6-7H,5,8-13H2,1-2H3. The van der Waals surface area contributed by atoms with Gasteiger partial charge < -0.3 is 4.90 Å². The first-order valence-electron chi connectivity index (χ1n) is 7.18. The van der Waals surface area contributed by atoms with Crippen molar-refractivity contribution in [2.75, 3.05) is 39.5 Å². The molecular formula is C15H24N2O2S. The van der Waals surface area contributed by atoms with Crippen LogP contribution in [0.2, 0.25) is 0 Å². The van der Waals surface area contributed by atoms with Crippen LogP contribution in [0.25, 0.3) is 0 Å². The van der Waals surface area contributed by atoms with Gasteiger partial charge in [0.2, 0.25) is 10.0 Å². The number of hydrogen-bond donors (Lipinski definition) is 0. The summed E-state index contributed by atoms with van der Waals surface area (Å²) in [5.74, 6) is 0.240. The number of nitrogens with zero attached hydrogens (tertiary/aromatic N) is 2. The summed E-state index contributed by atoms with van der Waals surface area (Å²) >= 11 is 0. The topological polar surface area (TPSA) is 40.6 Å². The maximum Gasteiger partial charge on any atom is 0.213 e. The van der Waals surface area contributed by atoms with Gasteiger partial charge in [-0.05, 0) is 36.9 Å². The molecule has 0 saturated heterocycles. The van der Waals surface area contributed by atoms with Crippen molar-refractivity contribution in [2.45, 2.75) is 19.3 Å². The van der Waals surface area contributed by atoms with Crippen molar-refractivity contribution in [1.29, 1.82) is 0 Å². The van der Waals surface area contributed by atoms with Gasteiger partial charge in [-0.25, -0.2) is 12.7 Å². The first-order valence-corrected chi connectivity index (χ1v) is 8.79. The molecule has 0 amide bonds. The predicted molar refractivity (Wildman–Crippen MR) is 82.4 cm³/mol. The fourth-order valence-electron chi connectivity index (χ4n) is 2.59. The highest BCUT2D eigenvalue weighted by Gasteiger charge is 2.16. The Balaban J connectivity index is 1.82. The Hall–Kier alpha value is -0.910. The molecule has 0 unspecified atom stereocenters. The Morgan fingerprint density at radius 2 is 1.65 bits per heavy atom. The zero-order valence-corrected chi connectivity index (χ0v) is 13.2. The molecule has 1 aromatic carbocycles. The number of sulfonamides is 1. The highest BCUT2D eigenvalue weighted by Crippen LogP contribution is 2.15. The number of fused-ring (bicyclic) bond motifs is 1. The van der Waals surface area contributed by atoms with E-state index in [0.29, 0.717) is 6.42 Å². The first-order chi connectivity index (χ1) is 9.49. The molecule has 0 saturated carbocycles. The van der Waals surface area contributed by atoms with Crippen LogP contribution in [0.5, 0.6) is 0 Å². The molecule has 0 fully saturated rings. The molecule has 1 aliphatic rings. The number of benzene rings is 1. The van der Waals surface area contributed by atoms with Crippen molar-refractivity contribution >= 4 is 10.0 Å². The Morgan fingerprint density at radius 1 is 1.10 bits per heavy atom. The minimum atomic E-state index is -3.06. The van der Waals surface area contributed by atoms with Gasteiger partial charge >= 0.3 is 0 Å². The van der Waals surface area contributed by atoms with Crippen LogP contribution in [0.4, 0.5) is 0 Å². The lowest BCUT2D eigenvalue weighted by molar-refractivity contribution is 0.288. The second-order valence-corrected chi connectivity index (χ2v) is 7.86. The predicted octanol–water partition coefficient (Wildman–Crippen LogP) is 1.37. The lowest BCUT2D eigenvalue weighted by atomic mass is 10.0. The van der Waals surface area contributed by atoms with Gasteiger partial charge in [-0.15, -0.1) is 0 Å². The monoisotopic (exact) mass is 296 g/mol. The van der Waals surface area contributed by atoms with E-state index in [1.165, 1.54) is 15.4 Å². The van der Waals surface area contributed by atoms with E-state index in [1.54, 1.807) is 14.1 Å². The molecule has 0 radical (unpaired) electrons. The van der Waals surface area contributed by atoms with Crippen LogP contribution in [-0.4, -0.2) is 57.1 Å². The largest absolute Gasteiger partial charge is 0.303 e. The summed E-state index contributed by atoms with van der Waals surface area (Å²) in [4.78, 5) is 2.38. The Kier molecular flexibility index (Phi) is 5.18. The average molecular weight is 296 g/mol. The molecule has 5 heteroatoms. The number of rotatable bonds is 5. The summed E-state index contributed by atoms with van der Waals surface area (Å²) < 4.78 is 24.8. The molecular weight excluding hydrogens is 272 g/mol. The zero-order valence-electron chi connectivity index (χ0n) is 12.4. The molecule has 20 heavy (non-hydrogen) atoms. The van der Waals surface area contributed by atoms with Crippen LogP contribution in [0.3, 0.4) is 0 Å². The molecule has 1 aliphatic heterocycles. The number of hydrogen-bond acceptors (Lipinski definition) is 3. The smallest absolute Gasteiger partial charge is 0.213 e. The van der Waals surface area contributed by atoms with Crippen molar-refractivity contribution < 1.29 is 8.42 Å². The molecule has 0 aromatic heterocycles. The zero-order chi connectivity index (χ0) is 14.6. The van der Waals surface area contributed by atoms with Crippen molar-refractivity contribution in [3.05, 3.63) is 35.4 Å². The third kappa shape index (κ3) is 4.04. The van der Waals surface area contributed by atoms with Gasteiger partial charge in [-0.3, -0.25) is 0 Å². The fourth-order valence-corrected chi connectivity index (χ4v) is 3.45. The molecule has 112 valence electrons. The summed E-state index contributed by atoms with van der Waals surface area (Å²) in [5, 5.41) is 0. The van der Waals surface area contributed by atoms with Gasteiger partial charge in [-0.2, -0.15) is 0 Å². The van der Waals surface area contributed by atoms with E-state index in [2.05, 4.69) is 29.2 Å². The molecule has 2 rings (SSSR count). The van der Waals surface area contributed by atoms with E-state index in [0.717, 1.165) is 32.5 Å². The molecule has 0 atom stereocenters. The van der Waals surface area contributed by atoms with Crippen LogP contribution in [0.1, 0.15) is 17.5 Å². The highest BCUT2D eigenvalue weighted by molar-refractivity contribution is 7.89. The summed E-state index contributed by atoms with van der Waals surface area (Å²) in [5.41, 5.74) is 2.88. The van der Waals surface area contributed by atoms with E-state index in [-0.39, 0.29) is 5.75 Å². The molecule has 0 N–H and O–H groups in total. The maximum atomic E-state index is 11.7. The summed E-state index contributed by atoms with van der Waals surface area (Å²) in [6.07, 6.45) is 2.84. The molecule has 0 spiro atoms. The van der Waals surface area contributed by atoms with E-state index >= 15 is 0 Å². The van der Waals surface area contributed by atoms with Crippen molar-refractivity contribution in [2.24, 2.45) is 0 Å². The van der Waals surface area contributed by atoms with Crippen LogP contribution in [0, 0.1) is 0 Å². The fraction of sp³-hybridized carbons (Fsp3) is 0.600. The van der Waals surface area contributed by atoms with Crippen molar-refractivity contribution in [3.8, 4) is 0 Å². The quantitative estimate of drug-likeness (QED) is 0.824. The Morgan fingerprint density at radius 3 is 2.15 bits per heavy atom. The van der Waals surface area contributed by atoms with E-state index in [1.807, 2.05) is 0 Å². The van der Waals surface area contributed by atoms with Gasteiger partial charge in [0.05, 0.1) is 5.75 Å². The molecule has 1 heterocycles. The lowest BCUT2D eigenvalue weighted by Gasteiger charge is -2.20. The summed E-state index contributed by atoms with van der Waals surface area (Å²) in [7, 11) is 0.135. The summed E-state index contributed by atoms with van der Waals surface area (Å²) in [6.45, 7) is 2.92. The van der Waals surface area contributed by atoms with Crippen LogP contribution in [-0.2, 0) is 22.9 Å². The first kappa shape index (κ1) is 15.5. The average Bonchev–Trinajstić information content (AvgIpc) is 2.61. The maximum absolute atomic E-state index is 11.7. The third-order valence-electron chi connectivity index (χ3n) is 3.95. The molecule has 0 aliphatic carbocycles. The molecule has 4 nitrogen and oxygen atoms in total. The van der Waals surface area contributed by atoms with E-state index < -0.39 is 10.0 Å². The Labute approximate surface area is 122 Å². The summed E-state index contributed by atoms with van der Waals surface area (Å²) in [6, 6.07) is 8.60. The van der Waals surface area contributed by atoms with Gasteiger partial charge in [0.1, 0.15) is 0 Å². The minimum Gasteiger partial charge on any atom is -0.303 e. The second kappa shape index (κ2) is 6.70. The molecule has 0 bridgehead atoms. The highest BCUT2D eigenvalue weighted by atomic mass is 32.2. The lowest BCUT2D eigenvalue weighted by Crippen LogP contribution is -2.31. The van der Waals surface area contributed by atoms with Gasteiger partial charge in [0.25, 0.3) is 0 Å². The van der Waals surface area contributed by atoms with Crippen LogP contribution >= 0.6 is 0 Å². The molecule has 1 aromatic rings. The Bertz CT molecular complexity index is 514. The minimum absolute atomic E-state index is 0.240. The second-order valence-electron chi connectivity index (χ2n) is 5.56. The van der Waals surface area contributed by atoms with Crippen molar-refractivity contribution in [1.82, 2.24) is 9.21 Å². The van der Waals surface area contributed by atoms with Crippen LogP contribution in [0.15, 0.2) is 24.3 Å². The normalized spacial score (nSPS) is 16.9. The SMILES string of the molecule is CN(C)S(=O)(=O)CCCN1CCc2ccccc2CC1.